The molecule has 0 radical (unpaired) electrons. The van der Waals surface area contributed by atoms with Crippen LogP contribution in [0.3, 0.4) is 0 Å². The molecule has 0 fully saturated rings. The van der Waals surface area contributed by atoms with Crippen LogP contribution in [0, 0.1) is 17.5 Å². The van der Waals surface area contributed by atoms with Gasteiger partial charge in [0.05, 0.1) is 5.92 Å². The highest BCUT2D eigenvalue weighted by atomic mass is 19.2. The van der Waals surface area contributed by atoms with Gasteiger partial charge in [-0.1, -0.05) is 24.3 Å². The number of amides is 2. The Morgan fingerprint density at radius 3 is 2.26 bits per heavy atom. The molecule has 2 atom stereocenters. The molecule has 0 spiro atoms. The van der Waals surface area contributed by atoms with Crippen LogP contribution in [0.2, 0.25) is 0 Å². The number of halogens is 3. The van der Waals surface area contributed by atoms with Crippen LogP contribution in [-0.2, 0) is 22.6 Å². The monoisotopic (exact) mass is 472 g/mol. The van der Waals surface area contributed by atoms with Crippen molar-refractivity contribution in [3.8, 4) is 0 Å². The van der Waals surface area contributed by atoms with Crippen LogP contribution in [-0.4, -0.2) is 34.6 Å². The van der Waals surface area contributed by atoms with Crippen molar-refractivity contribution < 1.29 is 27.9 Å². The van der Waals surface area contributed by atoms with Crippen molar-refractivity contribution in [2.24, 2.45) is 0 Å². The number of nitrogens with zero attached hydrogens (tertiary/aromatic N) is 1. The van der Waals surface area contributed by atoms with E-state index >= 15 is 0 Å². The third-order valence-corrected chi connectivity index (χ3v) is 5.10. The molecule has 0 bridgehead atoms. The van der Waals surface area contributed by atoms with E-state index in [1.54, 1.807) is 12.1 Å². The summed E-state index contributed by atoms with van der Waals surface area (Å²) in [4.78, 5) is 29.2. The Labute approximate surface area is 193 Å². The minimum absolute atomic E-state index is 0.0711. The van der Waals surface area contributed by atoms with Crippen LogP contribution < -0.4 is 16.4 Å². The fraction of sp³-hybridized carbons (Fsp3) is 0.208. The van der Waals surface area contributed by atoms with Gasteiger partial charge >= 0.3 is 0 Å². The number of nitrogen functional groups attached to an aromatic ring is 1. The minimum atomic E-state index is -1.46. The van der Waals surface area contributed by atoms with Crippen molar-refractivity contribution in [3.63, 3.8) is 0 Å². The van der Waals surface area contributed by atoms with Gasteiger partial charge in [-0.25, -0.2) is 18.2 Å². The summed E-state index contributed by atoms with van der Waals surface area (Å²) in [6, 6.07) is 11.5. The van der Waals surface area contributed by atoms with Crippen LogP contribution >= 0.6 is 0 Å². The molecular weight excluding hydrogens is 449 g/mol. The zero-order chi connectivity index (χ0) is 24.7. The largest absolute Gasteiger partial charge is 0.384 e. The normalized spacial score (nSPS) is 12.6. The summed E-state index contributed by atoms with van der Waals surface area (Å²) in [6.07, 6.45) is -0.0476. The summed E-state index contributed by atoms with van der Waals surface area (Å²) >= 11 is 0. The standard InChI is InChI=1S/C24H23F3N4O3/c25-17-5-1-14(2-6-17)9-21(32)24(34)31-13-18(16-4-7-19(26)20(27)10-16)23(33)30-12-15-3-8-22(28)29-11-15/h1-8,10-11,18,21,32H,9,12-13H2,(H2,28,29)(H,30,33)(H,31,34)/t18-,21+/m0/s1. The van der Waals surface area contributed by atoms with Crippen molar-refractivity contribution in [3.05, 3.63) is 94.9 Å². The number of carbonyl (C=O) groups excluding carboxylic acids is 2. The molecular formula is C24H23F3N4O3. The number of nitrogens with two attached hydrogens (primary N) is 1. The first-order chi connectivity index (χ1) is 16.2. The van der Waals surface area contributed by atoms with Crippen molar-refractivity contribution >= 4 is 17.6 Å². The van der Waals surface area contributed by atoms with E-state index < -0.39 is 41.3 Å². The molecule has 3 rings (SSSR count). The highest BCUT2D eigenvalue weighted by molar-refractivity contribution is 5.86. The Morgan fingerprint density at radius 2 is 1.62 bits per heavy atom. The van der Waals surface area contributed by atoms with Crippen molar-refractivity contribution in [2.45, 2.75) is 25.0 Å². The van der Waals surface area contributed by atoms with Crippen LogP contribution in [0.4, 0.5) is 19.0 Å². The Balaban J connectivity index is 1.67. The number of aliphatic hydroxyl groups is 1. The molecule has 0 unspecified atom stereocenters. The molecule has 0 saturated carbocycles. The number of carbonyl (C=O) groups is 2. The molecule has 3 aromatic rings. The van der Waals surface area contributed by atoms with E-state index in [1.807, 2.05) is 0 Å². The van der Waals surface area contributed by atoms with Gasteiger partial charge < -0.3 is 21.5 Å². The lowest BCUT2D eigenvalue weighted by molar-refractivity contribution is -0.129. The first-order valence-corrected chi connectivity index (χ1v) is 10.4. The predicted octanol–water partition coefficient (Wildman–Crippen LogP) is 2.20. The molecule has 34 heavy (non-hydrogen) atoms. The van der Waals surface area contributed by atoms with Gasteiger partial charge in [-0.05, 0) is 47.0 Å². The lowest BCUT2D eigenvalue weighted by atomic mass is 9.97. The second-order valence-electron chi connectivity index (χ2n) is 7.63. The summed E-state index contributed by atoms with van der Waals surface area (Å²) in [5, 5.41) is 15.3. The molecule has 2 aromatic carbocycles. The van der Waals surface area contributed by atoms with Gasteiger partial charge in [0, 0.05) is 25.7 Å². The van der Waals surface area contributed by atoms with Crippen LogP contribution in [0.1, 0.15) is 22.6 Å². The zero-order valence-corrected chi connectivity index (χ0v) is 18.0. The van der Waals surface area contributed by atoms with E-state index in [2.05, 4.69) is 15.6 Å². The van der Waals surface area contributed by atoms with Crippen molar-refractivity contribution in [1.29, 1.82) is 0 Å². The van der Waals surface area contributed by atoms with Crippen LogP contribution in [0.15, 0.2) is 60.8 Å². The lowest BCUT2D eigenvalue weighted by Gasteiger charge is -2.19. The Bertz CT molecular complexity index is 1140. The summed E-state index contributed by atoms with van der Waals surface area (Å²) in [7, 11) is 0. The van der Waals surface area contributed by atoms with Crippen molar-refractivity contribution in [2.75, 3.05) is 12.3 Å². The summed E-state index contributed by atoms with van der Waals surface area (Å²) in [5.41, 5.74) is 6.87. The Morgan fingerprint density at radius 1 is 0.912 bits per heavy atom. The second kappa shape index (κ2) is 11.3. The number of benzene rings is 2. The van der Waals surface area contributed by atoms with E-state index in [-0.39, 0.29) is 25.1 Å². The number of aliphatic hydroxyl groups excluding tert-OH is 1. The fourth-order valence-electron chi connectivity index (χ4n) is 3.20. The Kier molecular flexibility index (Phi) is 8.20. The molecule has 0 aliphatic carbocycles. The average molecular weight is 472 g/mol. The number of nitrogens with one attached hydrogen (secondary N) is 2. The van der Waals surface area contributed by atoms with Gasteiger partial charge in [0.1, 0.15) is 17.7 Å². The molecule has 10 heteroatoms. The van der Waals surface area contributed by atoms with Gasteiger partial charge in [0.25, 0.3) is 0 Å². The third kappa shape index (κ3) is 6.79. The Hall–Kier alpha value is -3.92. The van der Waals surface area contributed by atoms with E-state index in [0.29, 0.717) is 16.9 Å². The predicted molar refractivity (Wildman–Crippen MR) is 119 cm³/mol. The van der Waals surface area contributed by atoms with Gasteiger partial charge in [0.2, 0.25) is 11.8 Å². The molecule has 0 aliphatic heterocycles. The maximum atomic E-state index is 13.8. The second-order valence-corrected chi connectivity index (χ2v) is 7.63. The molecule has 1 heterocycles. The number of hydrogen-bond donors (Lipinski definition) is 4. The van der Waals surface area contributed by atoms with Gasteiger partial charge in [-0.3, -0.25) is 9.59 Å². The topological polar surface area (TPSA) is 117 Å². The first kappa shape index (κ1) is 24.7. The SMILES string of the molecule is Nc1ccc(CNC(=O)[C@@H](CNC(=O)[C@H](O)Cc2ccc(F)cc2)c2ccc(F)c(F)c2)cn1. The van der Waals surface area contributed by atoms with E-state index in [1.165, 1.54) is 36.5 Å². The maximum Gasteiger partial charge on any atom is 0.249 e. The minimum Gasteiger partial charge on any atom is -0.384 e. The van der Waals surface area contributed by atoms with Gasteiger partial charge in [-0.2, -0.15) is 0 Å². The molecule has 5 N–H and O–H groups in total. The molecule has 2 amide bonds. The summed E-state index contributed by atoms with van der Waals surface area (Å²) in [6.45, 7) is -0.191. The van der Waals surface area contributed by atoms with Crippen LogP contribution in [0.25, 0.3) is 0 Å². The number of anilines is 1. The highest BCUT2D eigenvalue weighted by Crippen LogP contribution is 2.19. The lowest BCUT2D eigenvalue weighted by Crippen LogP contribution is -2.41. The van der Waals surface area contributed by atoms with E-state index in [4.69, 9.17) is 5.73 Å². The number of aromatic nitrogens is 1. The molecule has 178 valence electrons. The molecule has 0 aliphatic rings. The van der Waals surface area contributed by atoms with Gasteiger partial charge in [0.15, 0.2) is 11.6 Å². The van der Waals surface area contributed by atoms with Crippen LogP contribution in [0.5, 0.6) is 0 Å². The fourth-order valence-corrected chi connectivity index (χ4v) is 3.20. The first-order valence-electron chi connectivity index (χ1n) is 10.4. The number of hydrogen-bond acceptors (Lipinski definition) is 5. The number of pyridine rings is 1. The average Bonchev–Trinajstić information content (AvgIpc) is 2.82. The maximum absolute atomic E-state index is 13.8. The molecule has 7 nitrogen and oxygen atoms in total. The van der Waals surface area contributed by atoms with Gasteiger partial charge in [-0.15, -0.1) is 0 Å². The smallest absolute Gasteiger partial charge is 0.249 e. The van der Waals surface area contributed by atoms with Crippen molar-refractivity contribution in [1.82, 2.24) is 15.6 Å². The molecule has 0 saturated heterocycles. The summed E-state index contributed by atoms with van der Waals surface area (Å²) < 4.78 is 40.2. The highest BCUT2D eigenvalue weighted by Gasteiger charge is 2.24. The molecule has 1 aromatic heterocycles. The summed E-state index contributed by atoms with van der Waals surface area (Å²) in [5.74, 6) is -4.74. The van der Waals surface area contributed by atoms with E-state index in [9.17, 15) is 27.9 Å². The van der Waals surface area contributed by atoms with E-state index in [0.717, 1.165) is 12.1 Å². The quantitative estimate of drug-likeness (QED) is 0.381. The number of rotatable bonds is 9. The third-order valence-electron chi connectivity index (χ3n) is 5.10. The zero-order valence-electron chi connectivity index (χ0n) is 18.0.